The van der Waals surface area contributed by atoms with Gasteiger partial charge in [-0.1, -0.05) is 0 Å². The summed E-state index contributed by atoms with van der Waals surface area (Å²) in [6, 6.07) is 3.65. The molecule has 92 valence electrons. The summed E-state index contributed by atoms with van der Waals surface area (Å²) < 4.78 is 8.43. The molecule has 1 N–H and O–H groups in total. The summed E-state index contributed by atoms with van der Waals surface area (Å²) in [6.07, 6.45) is 3.03. The van der Waals surface area contributed by atoms with Gasteiger partial charge in [0.15, 0.2) is 5.49 Å². The van der Waals surface area contributed by atoms with Gasteiger partial charge in [0.2, 0.25) is 12.3 Å². The van der Waals surface area contributed by atoms with Crippen LogP contribution in [0.4, 0.5) is 0 Å². The number of aromatic nitrogens is 1. The summed E-state index contributed by atoms with van der Waals surface area (Å²) in [5.74, 6) is 1.42. The minimum atomic E-state index is 0.534. The number of halogens is 1. The van der Waals surface area contributed by atoms with Crippen LogP contribution >= 0.6 is 15.9 Å². The molecule has 17 heavy (non-hydrogen) atoms. The molecule has 0 spiro atoms. The van der Waals surface area contributed by atoms with E-state index in [4.69, 9.17) is 4.74 Å². The van der Waals surface area contributed by atoms with Gasteiger partial charge in [-0.15, -0.1) is 0 Å². The van der Waals surface area contributed by atoms with Crippen molar-refractivity contribution in [2.45, 2.75) is 12.8 Å². The standard InChI is InChI=1S/C11H14BrN3O2/c1-15-10(14-13-7-16)5-4-9(12)11(15)17-6-8-2-3-8/h4-5,7-8H,2-3,6H2,1H3,(H,13,16)/b14-10-. The first kappa shape index (κ1) is 12.2. The van der Waals surface area contributed by atoms with Crippen molar-refractivity contribution in [3.63, 3.8) is 0 Å². The van der Waals surface area contributed by atoms with Gasteiger partial charge in [0.1, 0.15) is 0 Å². The largest absolute Gasteiger partial charge is 0.478 e. The lowest BCUT2D eigenvalue weighted by molar-refractivity contribution is -0.109. The van der Waals surface area contributed by atoms with E-state index in [0.29, 0.717) is 17.8 Å². The zero-order chi connectivity index (χ0) is 12.3. The SMILES string of the molecule is Cn1c(OCC2CC2)c(Br)cc/c1=N/NC=O. The Morgan fingerprint density at radius 3 is 3.06 bits per heavy atom. The zero-order valence-electron chi connectivity index (χ0n) is 9.52. The Hall–Kier alpha value is -1.30. The molecule has 1 amide bonds. The molecular weight excluding hydrogens is 286 g/mol. The van der Waals surface area contributed by atoms with Crippen molar-refractivity contribution in [2.24, 2.45) is 18.1 Å². The third kappa shape index (κ3) is 3.09. The number of rotatable bonds is 5. The number of amides is 1. The van der Waals surface area contributed by atoms with Crippen molar-refractivity contribution in [1.82, 2.24) is 9.99 Å². The second-order valence-corrected chi connectivity index (χ2v) is 4.87. The van der Waals surface area contributed by atoms with Gasteiger partial charge in [0, 0.05) is 7.05 Å². The molecule has 0 bridgehead atoms. The molecule has 6 heteroatoms. The average Bonchev–Trinajstić information content (AvgIpc) is 3.12. The smallest absolute Gasteiger partial charge is 0.227 e. The Bertz CT molecular complexity index is 480. The van der Waals surface area contributed by atoms with Gasteiger partial charge < -0.3 is 4.74 Å². The molecule has 0 atom stereocenters. The first-order valence-electron chi connectivity index (χ1n) is 5.43. The number of hydrogen-bond acceptors (Lipinski definition) is 3. The van der Waals surface area contributed by atoms with Crippen LogP contribution in [0.1, 0.15) is 12.8 Å². The summed E-state index contributed by atoms with van der Waals surface area (Å²) in [5.41, 5.74) is 2.91. The molecular formula is C11H14BrN3O2. The third-order valence-corrected chi connectivity index (χ3v) is 3.22. The Labute approximate surface area is 108 Å². The fraction of sp³-hybridized carbons (Fsp3) is 0.455. The number of nitrogens with one attached hydrogen (secondary N) is 1. The van der Waals surface area contributed by atoms with Gasteiger partial charge in [0.05, 0.1) is 11.1 Å². The fourth-order valence-corrected chi connectivity index (χ4v) is 1.96. The number of carbonyl (C=O) groups is 1. The van der Waals surface area contributed by atoms with Crippen LogP contribution in [0.15, 0.2) is 21.7 Å². The Morgan fingerprint density at radius 1 is 1.65 bits per heavy atom. The molecule has 0 aromatic carbocycles. The van der Waals surface area contributed by atoms with Crippen molar-refractivity contribution >= 4 is 22.3 Å². The Balaban J connectivity index is 2.24. The lowest BCUT2D eigenvalue weighted by atomic mass is 10.4. The Morgan fingerprint density at radius 2 is 2.41 bits per heavy atom. The molecule has 1 heterocycles. The second kappa shape index (κ2) is 5.35. The second-order valence-electron chi connectivity index (χ2n) is 4.02. The van der Waals surface area contributed by atoms with Crippen molar-refractivity contribution < 1.29 is 9.53 Å². The van der Waals surface area contributed by atoms with E-state index < -0.39 is 0 Å². The van der Waals surface area contributed by atoms with E-state index in [1.165, 1.54) is 12.8 Å². The van der Waals surface area contributed by atoms with Crippen LogP contribution in [0.3, 0.4) is 0 Å². The third-order valence-electron chi connectivity index (χ3n) is 2.62. The van der Waals surface area contributed by atoms with Crippen LogP contribution in [0, 0.1) is 5.92 Å². The van der Waals surface area contributed by atoms with Crippen LogP contribution in [0.5, 0.6) is 5.88 Å². The number of nitrogens with zero attached hydrogens (tertiary/aromatic N) is 2. The van der Waals surface area contributed by atoms with Crippen molar-refractivity contribution in [1.29, 1.82) is 0 Å². The average molecular weight is 300 g/mol. The maximum atomic E-state index is 10.2. The van der Waals surface area contributed by atoms with E-state index in [0.717, 1.165) is 17.0 Å². The highest BCUT2D eigenvalue weighted by Gasteiger charge is 2.22. The van der Waals surface area contributed by atoms with Crippen LogP contribution in [0.25, 0.3) is 0 Å². The summed E-state index contributed by atoms with van der Waals surface area (Å²) in [5, 5.41) is 3.91. The van der Waals surface area contributed by atoms with Crippen LogP contribution < -0.4 is 15.7 Å². The quantitative estimate of drug-likeness (QED) is 0.655. The minimum Gasteiger partial charge on any atom is -0.478 e. The summed E-state index contributed by atoms with van der Waals surface area (Å²) in [7, 11) is 1.85. The number of ether oxygens (including phenoxy) is 1. The first-order chi connectivity index (χ1) is 8.22. The van der Waals surface area contributed by atoms with Gasteiger partial charge in [0.25, 0.3) is 0 Å². The van der Waals surface area contributed by atoms with Gasteiger partial charge in [-0.25, -0.2) is 5.43 Å². The molecule has 1 aliphatic carbocycles. The van der Waals surface area contributed by atoms with Gasteiger partial charge >= 0.3 is 0 Å². The molecule has 2 rings (SSSR count). The normalized spacial score (nSPS) is 15.8. The predicted octanol–water partition coefficient (Wildman–Crippen LogP) is 1.14. The topological polar surface area (TPSA) is 55.6 Å². The molecule has 1 fully saturated rings. The fourth-order valence-electron chi connectivity index (χ4n) is 1.45. The molecule has 0 radical (unpaired) electrons. The van der Waals surface area contributed by atoms with Crippen molar-refractivity contribution in [3.8, 4) is 5.88 Å². The highest BCUT2D eigenvalue weighted by atomic mass is 79.9. The number of carbonyl (C=O) groups excluding carboxylic acids is 1. The van der Waals surface area contributed by atoms with Gasteiger partial charge in [-0.2, -0.15) is 5.10 Å². The van der Waals surface area contributed by atoms with E-state index >= 15 is 0 Å². The molecule has 0 saturated heterocycles. The lowest BCUT2D eigenvalue weighted by Gasteiger charge is -2.12. The summed E-state index contributed by atoms with van der Waals surface area (Å²) in [4.78, 5) is 10.2. The number of hydrogen-bond donors (Lipinski definition) is 1. The maximum Gasteiger partial charge on any atom is 0.227 e. The van der Waals surface area contributed by atoms with E-state index in [1.54, 1.807) is 10.6 Å². The van der Waals surface area contributed by atoms with Gasteiger partial charge in [-0.3, -0.25) is 9.36 Å². The van der Waals surface area contributed by atoms with Crippen LogP contribution in [0.2, 0.25) is 0 Å². The first-order valence-corrected chi connectivity index (χ1v) is 6.23. The zero-order valence-corrected chi connectivity index (χ0v) is 11.1. The molecule has 1 aliphatic rings. The molecule has 0 unspecified atom stereocenters. The van der Waals surface area contributed by atoms with E-state index in [-0.39, 0.29) is 0 Å². The maximum absolute atomic E-state index is 10.2. The highest BCUT2D eigenvalue weighted by Crippen LogP contribution is 2.30. The molecule has 1 aromatic rings. The molecule has 1 aromatic heterocycles. The van der Waals surface area contributed by atoms with Gasteiger partial charge in [-0.05, 0) is 46.8 Å². The van der Waals surface area contributed by atoms with E-state index in [2.05, 4.69) is 26.5 Å². The van der Waals surface area contributed by atoms with Crippen molar-refractivity contribution in [2.75, 3.05) is 6.61 Å². The highest BCUT2D eigenvalue weighted by molar-refractivity contribution is 9.10. The van der Waals surface area contributed by atoms with Crippen molar-refractivity contribution in [3.05, 3.63) is 22.1 Å². The van der Waals surface area contributed by atoms with Crippen LogP contribution in [-0.2, 0) is 11.8 Å². The monoisotopic (exact) mass is 299 g/mol. The Kier molecular flexibility index (Phi) is 3.83. The summed E-state index contributed by atoms with van der Waals surface area (Å²) >= 11 is 3.44. The predicted molar refractivity (Wildman–Crippen MR) is 66.1 cm³/mol. The molecule has 1 saturated carbocycles. The minimum absolute atomic E-state index is 0.534. The van der Waals surface area contributed by atoms with E-state index in [1.807, 2.05) is 13.1 Å². The lowest BCUT2D eigenvalue weighted by Crippen LogP contribution is -2.23. The molecule has 0 aliphatic heterocycles. The summed E-state index contributed by atoms with van der Waals surface area (Å²) in [6.45, 7) is 0.733. The van der Waals surface area contributed by atoms with E-state index in [9.17, 15) is 4.79 Å². The number of pyridine rings is 1. The van der Waals surface area contributed by atoms with Crippen LogP contribution in [-0.4, -0.2) is 17.6 Å². The molecule has 5 nitrogen and oxygen atoms in total.